The molecular formula is C22H24N4OS. The number of nitrogens with one attached hydrogen (secondary N) is 1. The van der Waals surface area contributed by atoms with Crippen LogP contribution >= 0.6 is 11.8 Å². The highest BCUT2D eigenvalue weighted by atomic mass is 32.2. The van der Waals surface area contributed by atoms with E-state index in [-0.39, 0.29) is 11.7 Å². The van der Waals surface area contributed by atoms with E-state index in [9.17, 15) is 4.79 Å². The second-order valence-electron chi connectivity index (χ2n) is 6.42. The van der Waals surface area contributed by atoms with E-state index in [0.29, 0.717) is 11.7 Å². The summed E-state index contributed by atoms with van der Waals surface area (Å²) in [4.78, 5) is 12.4. The highest BCUT2D eigenvalue weighted by Gasteiger charge is 2.15. The summed E-state index contributed by atoms with van der Waals surface area (Å²) in [5, 5.41) is 12.3. The Morgan fingerprint density at radius 1 is 1.18 bits per heavy atom. The van der Waals surface area contributed by atoms with Gasteiger partial charge in [-0.15, -0.1) is 16.8 Å². The first-order valence-electron chi connectivity index (χ1n) is 9.24. The number of aryl methyl sites for hydroxylation is 2. The monoisotopic (exact) mass is 392 g/mol. The van der Waals surface area contributed by atoms with Gasteiger partial charge in [0.1, 0.15) is 0 Å². The number of thioether (sulfide) groups is 1. The summed E-state index contributed by atoms with van der Waals surface area (Å²) in [6.45, 7) is 8.54. The number of rotatable bonds is 8. The highest BCUT2D eigenvalue weighted by Crippen LogP contribution is 2.25. The van der Waals surface area contributed by atoms with Crippen molar-refractivity contribution in [3.05, 3.63) is 72.3 Å². The van der Waals surface area contributed by atoms with Gasteiger partial charge >= 0.3 is 0 Å². The first kappa shape index (κ1) is 19.9. The number of hydrogen-bond acceptors (Lipinski definition) is 4. The largest absolute Gasteiger partial charge is 0.325 e. The molecule has 6 heteroatoms. The summed E-state index contributed by atoms with van der Waals surface area (Å²) in [6.07, 6.45) is 2.68. The topological polar surface area (TPSA) is 59.8 Å². The summed E-state index contributed by atoms with van der Waals surface area (Å²) in [7, 11) is 0. The summed E-state index contributed by atoms with van der Waals surface area (Å²) in [5.74, 6) is 0.983. The van der Waals surface area contributed by atoms with Crippen LogP contribution in [0.25, 0.3) is 11.4 Å². The SMILES string of the molecule is C=CCn1c(SCC(=O)Nc2ccccc2CC)nnc1-c1ccc(C)cc1. The standard InChI is InChI=1S/C22H24N4OS/c1-4-14-26-21(18-12-10-16(3)11-13-18)24-25-22(26)28-15-20(27)23-19-9-7-6-8-17(19)5-2/h4,6-13H,1,5,14-15H2,2-3H3,(H,23,27). The van der Waals surface area contributed by atoms with Gasteiger partial charge in [-0.05, 0) is 25.0 Å². The maximum Gasteiger partial charge on any atom is 0.234 e. The molecule has 0 fully saturated rings. The van der Waals surface area contributed by atoms with Gasteiger partial charge in [0.15, 0.2) is 11.0 Å². The average molecular weight is 393 g/mol. The van der Waals surface area contributed by atoms with E-state index in [2.05, 4.69) is 35.9 Å². The second-order valence-corrected chi connectivity index (χ2v) is 7.36. The third-order valence-electron chi connectivity index (χ3n) is 4.34. The number of anilines is 1. The van der Waals surface area contributed by atoms with E-state index in [1.807, 2.05) is 59.2 Å². The van der Waals surface area contributed by atoms with Crippen LogP contribution in [0.3, 0.4) is 0 Å². The van der Waals surface area contributed by atoms with Gasteiger partial charge in [0.2, 0.25) is 5.91 Å². The number of nitrogens with zero attached hydrogens (tertiary/aromatic N) is 3. The van der Waals surface area contributed by atoms with Crippen molar-refractivity contribution in [1.29, 1.82) is 0 Å². The maximum atomic E-state index is 12.4. The third-order valence-corrected chi connectivity index (χ3v) is 5.31. The number of amides is 1. The molecule has 1 heterocycles. The molecule has 0 spiro atoms. The molecule has 5 nitrogen and oxygen atoms in total. The van der Waals surface area contributed by atoms with Crippen molar-refractivity contribution in [2.45, 2.75) is 32.0 Å². The van der Waals surface area contributed by atoms with Crippen LogP contribution in [0.4, 0.5) is 5.69 Å². The van der Waals surface area contributed by atoms with E-state index in [0.717, 1.165) is 29.1 Å². The van der Waals surface area contributed by atoms with Gasteiger partial charge in [0, 0.05) is 17.8 Å². The highest BCUT2D eigenvalue weighted by molar-refractivity contribution is 7.99. The molecule has 3 aromatic rings. The number of aromatic nitrogens is 3. The molecule has 28 heavy (non-hydrogen) atoms. The predicted octanol–water partition coefficient (Wildman–Crippen LogP) is 4.73. The van der Waals surface area contributed by atoms with Crippen LogP contribution in [-0.4, -0.2) is 26.4 Å². The van der Waals surface area contributed by atoms with Gasteiger partial charge in [0.25, 0.3) is 0 Å². The zero-order valence-electron chi connectivity index (χ0n) is 16.2. The summed E-state index contributed by atoms with van der Waals surface area (Å²) >= 11 is 1.38. The Morgan fingerprint density at radius 3 is 2.64 bits per heavy atom. The minimum Gasteiger partial charge on any atom is -0.325 e. The summed E-state index contributed by atoms with van der Waals surface area (Å²) in [5.41, 5.74) is 4.17. The summed E-state index contributed by atoms with van der Waals surface area (Å²) in [6, 6.07) is 16.0. The average Bonchev–Trinajstić information content (AvgIpc) is 3.10. The van der Waals surface area contributed by atoms with E-state index >= 15 is 0 Å². The smallest absolute Gasteiger partial charge is 0.234 e. The van der Waals surface area contributed by atoms with Crippen LogP contribution < -0.4 is 5.32 Å². The maximum absolute atomic E-state index is 12.4. The fourth-order valence-corrected chi connectivity index (χ4v) is 3.62. The number of carbonyl (C=O) groups excluding carboxylic acids is 1. The molecule has 0 radical (unpaired) electrons. The Balaban J connectivity index is 1.72. The van der Waals surface area contributed by atoms with Crippen molar-refractivity contribution < 1.29 is 4.79 Å². The summed E-state index contributed by atoms with van der Waals surface area (Å²) < 4.78 is 1.98. The van der Waals surface area contributed by atoms with Crippen LogP contribution in [0.15, 0.2) is 66.3 Å². The zero-order chi connectivity index (χ0) is 19.9. The van der Waals surface area contributed by atoms with Gasteiger partial charge in [-0.25, -0.2) is 0 Å². The fourth-order valence-electron chi connectivity index (χ4n) is 2.87. The molecule has 0 saturated carbocycles. The Kier molecular flexibility index (Phi) is 6.66. The number of hydrogen-bond donors (Lipinski definition) is 1. The van der Waals surface area contributed by atoms with Gasteiger partial charge in [-0.2, -0.15) is 0 Å². The molecule has 1 amide bonds. The molecule has 0 aliphatic carbocycles. The fraction of sp³-hybridized carbons (Fsp3) is 0.227. The number of para-hydroxylation sites is 1. The molecule has 0 aliphatic rings. The molecule has 1 aromatic heterocycles. The lowest BCUT2D eigenvalue weighted by atomic mass is 10.1. The molecule has 0 saturated heterocycles. The lowest BCUT2D eigenvalue weighted by Crippen LogP contribution is -2.15. The Bertz CT molecular complexity index is 963. The van der Waals surface area contributed by atoms with Crippen molar-refractivity contribution in [3.63, 3.8) is 0 Å². The second kappa shape index (κ2) is 9.37. The normalized spacial score (nSPS) is 10.6. The molecule has 2 aromatic carbocycles. The van der Waals surface area contributed by atoms with Crippen molar-refractivity contribution in [1.82, 2.24) is 14.8 Å². The molecular weight excluding hydrogens is 368 g/mol. The van der Waals surface area contributed by atoms with E-state index < -0.39 is 0 Å². The molecule has 3 rings (SSSR count). The van der Waals surface area contributed by atoms with Crippen molar-refractivity contribution in [3.8, 4) is 11.4 Å². The lowest BCUT2D eigenvalue weighted by Gasteiger charge is -2.10. The van der Waals surface area contributed by atoms with Gasteiger partial charge in [-0.3, -0.25) is 9.36 Å². The third kappa shape index (κ3) is 4.70. The van der Waals surface area contributed by atoms with E-state index in [4.69, 9.17) is 0 Å². The molecule has 0 aliphatic heterocycles. The van der Waals surface area contributed by atoms with Crippen LogP contribution in [0.5, 0.6) is 0 Å². The Morgan fingerprint density at radius 2 is 1.93 bits per heavy atom. The minimum atomic E-state index is -0.0593. The van der Waals surface area contributed by atoms with Gasteiger partial charge < -0.3 is 5.32 Å². The zero-order valence-corrected chi connectivity index (χ0v) is 17.0. The lowest BCUT2D eigenvalue weighted by molar-refractivity contribution is -0.113. The molecule has 0 unspecified atom stereocenters. The Hall–Kier alpha value is -2.86. The van der Waals surface area contributed by atoms with Gasteiger partial charge in [0.05, 0.1) is 5.75 Å². The van der Waals surface area contributed by atoms with E-state index in [1.165, 1.54) is 17.3 Å². The Labute approximate surface area is 169 Å². The van der Waals surface area contributed by atoms with Crippen LogP contribution in [-0.2, 0) is 17.8 Å². The number of benzene rings is 2. The molecule has 1 N–H and O–H groups in total. The van der Waals surface area contributed by atoms with Gasteiger partial charge in [-0.1, -0.05) is 72.8 Å². The quantitative estimate of drug-likeness (QED) is 0.445. The predicted molar refractivity (Wildman–Crippen MR) is 116 cm³/mol. The van der Waals surface area contributed by atoms with Crippen LogP contribution in [0.1, 0.15) is 18.1 Å². The van der Waals surface area contributed by atoms with Crippen molar-refractivity contribution in [2.24, 2.45) is 0 Å². The van der Waals surface area contributed by atoms with Crippen LogP contribution in [0, 0.1) is 6.92 Å². The minimum absolute atomic E-state index is 0.0593. The molecule has 0 bridgehead atoms. The molecule has 0 atom stereocenters. The first-order valence-corrected chi connectivity index (χ1v) is 10.2. The van der Waals surface area contributed by atoms with Crippen molar-refractivity contribution in [2.75, 3.05) is 11.1 Å². The van der Waals surface area contributed by atoms with E-state index in [1.54, 1.807) is 0 Å². The first-order chi connectivity index (χ1) is 13.6. The van der Waals surface area contributed by atoms with Crippen molar-refractivity contribution >= 4 is 23.4 Å². The van der Waals surface area contributed by atoms with Crippen LogP contribution in [0.2, 0.25) is 0 Å². The molecule has 144 valence electrons. The number of carbonyl (C=O) groups is 1. The number of allylic oxidation sites excluding steroid dienone is 1.